The molecular formula is C24H23Cl2NO2. The van der Waals surface area contributed by atoms with E-state index in [1.54, 1.807) is 6.21 Å². The molecule has 3 aromatic carbocycles. The van der Waals surface area contributed by atoms with E-state index < -0.39 is 0 Å². The molecule has 0 N–H and O–H groups in total. The monoisotopic (exact) mass is 427 g/mol. The normalized spacial score (nSPS) is 11.1. The van der Waals surface area contributed by atoms with Gasteiger partial charge in [0.1, 0.15) is 6.61 Å². The summed E-state index contributed by atoms with van der Waals surface area (Å²) in [4.78, 5) is 4.55. The first-order chi connectivity index (χ1) is 14.0. The Kier molecular flexibility index (Phi) is 7.18. The van der Waals surface area contributed by atoms with Gasteiger partial charge in [0.2, 0.25) is 0 Å². The van der Waals surface area contributed by atoms with E-state index in [0.29, 0.717) is 34.8 Å². The number of hydrogen-bond donors (Lipinski definition) is 0. The molecule has 0 aliphatic rings. The van der Waals surface area contributed by atoms with Gasteiger partial charge in [0.25, 0.3) is 0 Å². The number of nitrogens with zero attached hydrogens (tertiary/aromatic N) is 1. The van der Waals surface area contributed by atoms with Crippen LogP contribution in [0.15, 0.2) is 59.6 Å². The van der Waals surface area contributed by atoms with Crippen molar-refractivity contribution in [2.45, 2.75) is 27.4 Å². The first kappa shape index (κ1) is 21.2. The zero-order valence-electron chi connectivity index (χ0n) is 16.7. The van der Waals surface area contributed by atoms with Crippen LogP contribution >= 0.6 is 23.2 Å². The van der Waals surface area contributed by atoms with Crippen molar-refractivity contribution in [3.8, 4) is 11.5 Å². The highest BCUT2D eigenvalue weighted by Crippen LogP contribution is 2.37. The van der Waals surface area contributed by atoms with Gasteiger partial charge in [-0.2, -0.15) is 0 Å². The van der Waals surface area contributed by atoms with E-state index >= 15 is 0 Å². The SMILES string of the molecule is CCOc1cc(C=Nc2cc(Cl)ccc2C)cc(Cl)c1OCc1ccc(C)cc1. The highest BCUT2D eigenvalue weighted by atomic mass is 35.5. The molecule has 0 atom stereocenters. The molecule has 5 heteroatoms. The third-order valence-corrected chi connectivity index (χ3v) is 4.88. The Hall–Kier alpha value is -2.49. The lowest BCUT2D eigenvalue weighted by Crippen LogP contribution is -2.01. The highest BCUT2D eigenvalue weighted by molar-refractivity contribution is 6.32. The lowest BCUT2D eigenvalue weighted by molar-refractivity contribution is 0.269. The summed E-state index contributed by atoms with van der Waals surface area (Å²) in [5.74, 6) is 1.13. The van der Waals surface area contributed by atoms with Crippen molar-refractivity contribution in [3.63, 3.8) is 0 Å². The molecule has 0 aromatic heterocycles. The van der Waals surface area contributed by atoms with Crippen molar-refractivity contribution in [2.75, 3.05) is 6.61 Å². The minimum absolute atomic E-state index is 0.412. The molecular weight excluding hydrogens is 405 g/mol. The fraction of sp³-hybridized carbons (Fsp3) is 0.208. The maximum absolute atomic E-state index is 6.51. The predicted molar refractivity (Wildman–Crippen MR) is 122 cm³/mol. The molecule has 0 fully saturated rings. The van der Waals surface area contributed by atoms with Crippen LogP contribution in [-0.2, 0) is 6.61 Å². The highest BCUT2D eigenvalue weighted by Gasteiger charge is 2.12. The number of hydrogen-bond acceptors (Lipinski definition) is 3. The molecule has 0 saturated heterocycles. The van der Waals surface area contributed by atoms with Crippen LogP contribution in [0.1, 0.15) is 29.2 Å². The van der Waals surface area contributed by atoms with Crippen molar-refractivity contribution in [2.24, 2.45) is 4.99 Å². The van der Waals surface area contributed by atoms with Gasteiger partial charge in [0.15, 0.2) is 11.5 Å². The van der Waals surface area contributed by atoms with Crippen LogP contribution in [0.2, 0.25) is 10.0 Å². The molecule has 0 heterocycles. The third-order valence-electron chi connectivity index (χ3n) is 4.36. The fourth-order valence-electron chi connectivity index (χ4n) is 2.77. The summed E-state index contributed by atoms with van der Waals surface area (Å²) in [7, 11) is 0. The molecule has 0 radical (unpaired) electrons. The number of aliphatic imine (C=N–C) groups is 1. The first-order valence-electron chi connectivity index (χ1n) is 9.41. The summed E-state index contributed by atoms with van der Waals surface area (Å²) in [6.45, 7) is 6.89. The second kappa shape index (κ2) is 9.82. The fourth-order valence-corrected chi connectivity index (χ4v) is 3.21. The van der Waals surface area contributed by atoms with Crippen molar-refractivity contribution in [1.29, 1.82) is 0 Å². The van der Waals surface area contributed by atoms with Crippen molar-refractivity contribution in [3.05, 3.63) is 86.9 Å². The van der Waals surface area contributed by atoms with Crippen LogP contribution in [0.4, 0.5) is 5.69 Å². The maximum Gasteiger partial charge on any atom is 0.180 e. The van der Waals surface area contributed by atoms with Gasteiger partial charge >= 0.3 is 0 Å². The number of benzene rings is 3. The smallest absolute Gasteiger partial charge is 0.180 e. The summed E-state index contributed by atoms with van der Waals surface area (Å²) in [5, 5.41) is 1.13. The Balaban J connectivity index is 1.84. The van der Waals surface area contributed by atoms with Crippen LogP contribution < -0.4 is 9.47 Å². The first-order valence-corrected chi connectivity index (χ1v) is 10.2. The zero-order valence-corrected chi connectivity index (χ0v) is 18.2. The van der Waals surface area contributed by atoms with E-state index in [9.17, 15) is 0 Å². The van der Waals surface area contributed by atoms with Gasteiger partial charge in [0, 0.05) is 11.2 Å². The summed E-state index contributed by atoms with van der Waals surface area (Å²) in [6.07, 6.45) is 1.75. The average molecular weight is 428 g/mol. The van der Waals surface area contributed by atoms with E-state index in [2.05, 4.69) is 24.0 Å². The van der Waals surface area contributed by atoms with Crippen LogP contribution in [0.5, 0.6) is 11.5 Å². The molecule has 0 spiro atoms. The lowest BCUT2D eigenvalue weighted by Gasteiger charge is -2.14. The van der Waals surface area contributed by atoms with E-state index in [1.807, 2.05) is 56.3 Å². The van der Waals surface area contributed by atoms with Gasteiger partial charge in [-0.1, -0.05) is 59.1 Å². The number of ether oxygens (including phenoxy) is 2. The van der Waals surface area contributed by atoms with E-state index in [-0.39, 0.29) is 0 Å². The second-order valence-corrected chi connectivity index (χ2v) is 7.57. The molecule has 3 aromatic rings. The average Bonchev–Trinajstić information content (AvgIpc) is 2.69. The van der Waals surface area contributed by atoms with Crippen LogP contribution in [0.3, 0.4) is 0 Å². The minimum Gasteiger partial charge on any atom is -0.490 e. The Bertz CT molecular complexity index is 1010. The van der Waals surface area contributed by atoms with Crippen molar-refractivity contribution in [1.82, 2.24) is 0 Å². The Labute approximate surface area is 181 Å². The van der Waals surface area contributed by atoms with E-state index in [0.717, 1.165) is 22.4 Å². The molecule has 0 amide bonds. The summed E-state index contributed by atoms with van der Waals surface area (Å²) in [6, 6.07) is 17.5. The molecule has 0 aliphatic heterocycles. The molecule has 0 bridgehead atoms. The largest absolute Gasteiger partial charge is 0.490 e. The summed E-state index contributed by atoms with van der Waals surface area (Å²) < 4.78 is 11.7. The Morgan fingerprint density at radius 3 is 2.41 bits per heavy atom. The standard InChI is InChI=1S/C24H23Cl2NO2/c1-4-28-23-12-19(14-27-22-13-20(25)10-7-17(22)3)11-21(26)24(23)29-15-18-8-5-16(2)6-9-18/h5-14H,4,15H2,1-3H3. The molecule has 29 heavy (non-hydrogen) atoms. The van der Waals surface area contributed by atoms with Gasteiger partial charge in [-0.15, -0.1) is 0 Å². The molecule has 3 rings (SSSR count). The molecule has 3 nitrogen and oxygen atoms in total. The third kappa shape index (κ3) is 5.75. The quantitative estimate of drug-likeness (QED) is 0.369. The van der Waals surface area contributed by atoms with Gasteiger partial charge < -0.3 is 9.47 Å². The Morgan fingerprint density at radius 2 is 1.69 bits per heavy atom. The second-order valence-electron chi connectivity index (χ2n) is 6.73. The lowest BCUT2D eigenvalue weighted by atomic mass is 10.1. The van der Waals surface area contributed by atoms with Gasteiger partial charge in [-0.25, -0.2) is 0 Å². The number of rotatable bonds is 7. The van der Waals surface area contributed by atoms with E-state index in [1.165, 1.54) is 5.56 Å². The van der Waals surface area contributed by atoms with Crippen molar-refractivity contribution < 1.29 is 9.47 Å². The minimum atomic E-state index is 0.412. The molecule has 0 unspecified atom stereocenters. The van der Waals surface area contributed by atoms with Gasteiger partial charge in [0.05, 0.1) is 17.3 Å². The van der Waals surface area contributed by atoms with E-state index in [4.69, 9.17) is 32.7 Å². The predicted octanol–water partition coefficient (Wildman–Crippen LogP) is 7.34. The molecule has 150 valence electrons. The number of aryl methyl sites for hydroxylation is 2. The molecule has 0 saturated carbocycles. The Morgan fingerprint density at radius 1 is 0.931 bits per heavy atom. The molecule has 0 aliphatic carbocycles. The summed E-state index contributed by atoms with van der Waals surface area (Å²) in [5.41, 5.74) is 4.95. The van der Waals surface area contributed by atoms with Crippen LogP contribution in [-0.4, -0.2) is 12.8 Å². The number of halogens is 2. The zero-order chi connectivity index (χ0) is 20.8. The van der Waals surface area contributed by atoms with Crippen LogP contribution in [0.25, 0.3) is 0 Å². The maximum atomic E-state index is 6.51. The summed E-state index contributed by atoms with van der Waals surface area (Å²) >= 11 is 12.6. The van der Waals surface area contributed by atoms with Gasteiger partial charge in [-0.05, 0) is 61.7 Å². The van der Waals surface area contributed by atoms with Crippen LogP contribution in [0, 0.1) is 13.8 Å². The van der Waals surface area contributed by atoms with Crippen molar-refractivity contribution >= 4 is 35.1 Å². The topological polar surface area (TPSA) is 30.8 Å². The van der Waals surface area contributed by atoms with Gasteiger partial charge in [-0.3, -0.25) is 4.99 Å².